The number of allylic oxidation sites excluding steroid dienone is 9. The molecule has 2 aliphatic rings. The minimum atomic E-state index is -0.265. The zero-order chi connectivity index (χ0) is 34.9. The van der Waals surface area contributed by atoms with Crippen molar-refractivity contribution < 1.29 is 4.58 Å². The molecule has 2 heterocycles. The molecule has 1 unspecified atom stereocenters. The Morgan fingerprint density at radius 3 is 1.94 bits per heavy atom. The van der Waals surface area contributed by atoms with Gasteiger partial charge < -0.3 is 4.90 Å². The Morgan fingerprint density at radius 2 is 1.26 bits per heavy atom. The number of aryl methyl sites for hydroxylation is 1. The molecule has 0 aliphatic carbocycles. The van der Waals surface area contributed by atoms with Gasteiger partial charge in [0.1, 0.15) is 7.05 Å². The minimum absolute atomic E-state index is 0.238. The van der Waals surface area contributed by atoms with E-state index in [-0.39, 0.29) is 10.8 Å². The van der Waals surface area contributed by atoms with Gasteiger partial charge in [0.25, 0.3) is 0 Å². The lowest BCUT2D eigenvalue weighted by molar-refractivity contribution is -0.401. The number of hydrogen-bond acceptors (Lipinski definition) is 1. The molecule has 0 radical (unpaired) electrons. The van der Waals surface area contributed by atoms with Crippen LogP contribution in [0.5, 0.6) is 0 Å². The number of rotatable bonds is 11. The molecule has 0 spiro atoms. The molecule has 0 fully saturated rings. The van der Waals surface area contributed by atoms with E-state index in [2.05, 4.69) is 196 Å². The topological polar surface area (TPSA) is 6.25 Å². The highest BCUT2D eigenvalue weighted by atomic mass is 15.2. The first-order valence-corrected chi connectivity index (χ1v) is 17.7. The summed E-state index contributed by atoms with van der Waals surface area (Å²) in [7, 11) is 4.41. The van der Waals surface area contributed by atoms with Crippen molar-refractivity contribution in [2.45, 2.75) is 43.4 Å². The van der Waals surface area contributed by atoms with Gasteiger partial charge in [-0.2, -0.15) is 4.58 Å². The molecular weight excluding hydrogens is 605 g/mol. The Labute approximate surface area is 298 Å². The summed E-state index contributed by atoms with van der Waals surface area (Å²) in [5.41, 5.74) is 10.0. The third-order valence-corrected chi connectivity index (χ3v) is 11.2. The first kappa shape index (κ1) is 33.0. The average molecular weight is 652 g/mol. The Bertz CT molecular complexity index is 2270. The van der Waals surface area contributed by atoms with Gasteiger partial charge in [-0.25, -0.2) is 0 Å². The summed E-state index contributed by atoms with van der Waals surface area (Å²) in [4.78, 5) is 2.36. The molecule has 0 aromatic heterocycles. The molecule has 0 bridgehead atoms. The molecule has 0 saturated heterocycles. The summed E-state index contributed by atoms with van der Waals surface area (Å²) in [6, 6.07) is 35.4. The maximum absolute atomic E-state index is 4.29. The Morgan fingerprint density at radius 1 is 0.660 bits per heavy atom. The van der Waals surface area contributed by atoms with E-state index in [1.54, 1.807) is 0 Å². The average Bonchev–Trinajstić information content (AvgIpc) is 3.50. The van der Waals surface area contributed by atoms with Crippen molar-refractivity contribution in [3.05, 3.63) is 193 Å². The van der Waals surface area contributed by atoms with Gasteiger partial charge in [-0.3, -0.25) is 0 Å². The van der Waals surface area contributed by atoms with Crippen LogP contribution in [0, 0.1) is 6.92 Å². The maximum atomic E-state index is 4.29. The molecule has 2 nitrogen and oxygen atoms in total. The van der Waals surface area contributed by atoms with E-state index in [1.165, 1.54) is 66.6 Å². The highest BCUT2D eigenvalue weighted by molar-refractivity contribution is 6.08. The van der Waals surface area contributed by atoms with Crippen molar-refractivity contribution >= 4 is 38.6 Å². The van der Waals surface area contributed by atoms with Crippen LogP contribution in [0.4, 0.5) is 11.4 Å². The van der Waals surface area contributed by atoms with E-state index in [1.807, 2.05) is 0 Å². The SMILES string of the molecule is C=CCC1(CC=C)C(=CC=CC=CC2=[N+](C)c3ccc4ccccc4c3C2(CC=C)Cc2ccccc2C)N(C)c2ccc3ccccc3c21. The summed E-state index contributed by atoms with van der Waals surface area (Å²) in [6.45, 7) is 14.9. The predicted octanol–water partition coefficient (Wildman–Crippen LogP) is 11.6. The van der Waals surface area contributed by atoms with Crippen molar-refractivity contribution in [2.75, 3.05) is 19.0 Å². The fourth-order valence-electron chi connectivity index (χ4n) is 8.97. The monoisotopic (exact) mass is 651 g/mol. The lowest BCUT2D eigenvalue weighted by Gasteiger charge is -2.31. The van der Waals surface area contributed by atoms with E-state index in [0.717, 1.165) is 25.7 Å². The normalized spacial score (nSPS) is 18.9. The van der Waals surface area contributed by atoms with Crippen LogP contribution < -0.4 is 4.90 Å². The number of likely N-dealkylation sites (N-methyl/N-ethyl adjacent to an activating group) is 1. The predicted molar refractivity (Wildman–Crippen MR) is 216 cm³/mol. The number of fused-ring (bicyclic) bond motifs is 6. The molecule has 7 rings (SSSR count). The zero-order valence-corrected chi connectivity index (χ0v) is 29.7. The van der Waals surface area contributed by atoms with Crippen LogP contribution in [0.2, 0.25) is 0 Å². The second kappa shape index (κ2) is 13.4. The largest absolute Gasteiger partial charge is 0.347 e. The van der Waals surface area contributed by atoms with Crippen molar-refractivity contribution in [2.24, 2.45) is 0 Å². The van der Waals surface area contributed by atoms with Crippen molar-refractivity contribution in [3.8, 4) is 0 Å². The van der Waals surface area contributed by atoms with E-state index < -0.39 is 0 Å². The van der Waals surface area contributed by atoms with Gasteiger partial charge in [0.15, 0.2) is 5.71 Å². The van der Waals surface area contributed by atoms with Crippen LogP contribution in [0.15, 0.2) is 171 Å². The van der Waals surface area contributed by atoms with Crippen LogP contribution in [0.1, 0.15) is 41.5 Å². The summed E-state index contributed by atoms with van der Waals surface area (Å²) in [5.74, 6) is 0. The summed E-state index contributed by atoms with van der Waals surface area (Å²) in [6.07, 6.45) is 20.8. The first-order chi connectivity index (χ1) is 24.4. The number of nitrogens with zero attached hydrogens (tertiary/aromatic N) is 2. The van der Waals surface area contributed by atoms with Crippen molar-refractivity contribution in [3.63, 3.8) is 0 Å². The van der Waals surface area contributed by atoms with Crippen LogP contribution in [-0.4, -0.2) is 24.4 Å². The van der Waals surface area contributed by atoms with E-state index >= 15 is 0 Å². The smallest absolute Gasteiger partial charge is 0.210 e. The van der Waals surface area contributed by atoms with Gasteiger partial charge in [0, 0.05) is 41.6 Å². The molecule has 2 heteroatoms. The Balaban J connectivity index is 1.32. The minimum Gasteiger partial charge on any atom is -0.347 e. The summed E-state index contributed by atoms with van der Waals surface area (Å²) >= 11 is 0. The quantitative estimate of drug-likeness (QED) is 0.0782. The molecule has 0 N–H and O–H groups in total. The Kier molecular flexibility index (Phi) is 8.89. The fraction of sp³-hybridized carbons (Fsp3) is 0.188. The summed E-state index contributed by atoms with van der Waals surface area (Å²) < 4.78 is 2.40. The van der Waals surface area contributed by atoms with Crippen LogP contribution in [0.3, 0.4) is 0 Å². The number of benzene rings is 5. The van der Waals surface area contributed by atoms with E-state index in [9.17, 15) is 0 Å². The van der Waals surface area contributed by atoms with Crippen LogP contribution in [-0.2, 0) is 17.3 Å². The fourth-order valence-corrected chi connectivity index (χ4v) is 8.97. The highest BCUT2D eigenvalue weighted by Gasteiger charge is 2.50. The Hall–Kier alpha value is -5.47. The lowest BCUT2D eigenvalue weighted by Crippen LogP contribution is -2.36. The van der Waals surface area contributed by atoms with Gasteiger partial charge in [0.05, 0.1) is 5.41 Å². The molecule has 0 amide bonds. The molecule has 5 aromatic rings. The highest BCUT2D eigenvalue weighted by Crippen LogP contribution is 2.54. The second-order valence-electron chi connectivity index (χ2n) is 13.9. The third kappa shape index (κ3) is 5.22. The molecule has 0 saturated carbocycles. The lowest BCUT2D eigenvalue weighted by atomic mass is 9.68. The van der Waals surface area contributed by atoms with E-state index in [4.69, 9.17) is 0 Å². The van der Waals surface area contributed by atoms with Gasteiger partial charge in [-0.15, -0.1) is 19.7 Å². The van der Waals surface area contributed by atoms with Crippen LogP contribution in [0.25, 0.3) is 21.5 Å². The van der Waals surface area contributed by atoms with Crippen LogP contribution >= 0.6 is 0 Å². The number of anilines is 1. The van der Waals surface area contributed by atoms with E-state index in [0.29, 0.717) is 0 Å². The second-order valence-corrected chi connectivity index (χ2v) is 13.9. The molecule has 50 heavy (non-hydrogen) atoms. The number of hydrogen-bond donors (Lipinski definition) is 0. The molecule has 248 valence electrons. The van der Waals surface area contributed by atoms with Crippen molar-refractivity contribution in [1.29, 1.82) is 0 Å². The molecular formula is C48H47N2+. The zero-order valence-electron chi connectivity index (χ0n) is 29.7. The third-order valence-electron chi connectivity index (χ3n) is 11.2. The first-order valence-electron chi connectivity index (χ1n) is 17.7. The summed E-state index contributed by atoms with van der Waals surface area (Å²) in [5, 5.41) is 5.14. The molecule has 2 aliphatic heterocycles. The maximum Gasteiger partial charge on any atom is 0.210 e. The molecule has 1 atom stereocenters. The van der Waals surface area contributed by atoms with Gasteiger partial charge >= 0.3 is 0 Å². The van der Waals surface area contributed by atoms with Gasteiger partial charge in [0.2, 0.25) is 5.69 Å². The molecule has 5 aromatic carbocycles. The van der Waals surface area contributed by atoms with Gasteiger partial charge in [-0.05, 0) is 89.1 Å². The standard InChI is InChI=1S/C48H47N2/c1-7-31-47(32-8-2)43(49(5)41-29-27-36-20-15-17-23-39(36)45(41)47)25-11-10-12-26-44-48(33-9-3,34-38-22-14-13-19-35(38)4)46-40-24-18-16-21-37(40)28-30-42(46)50(44)6/h7-30H,1-3,31-34H2,4-6H3/q+1. The van der Waals surface area contributed by atoms with Crippen molar-refractivity contribution in [1.82, 2.24) is 0 Å². The van der Waals surface area contributed by atoms with Gasteiger partial charge in [-0.1, -0.05) is 115 Å².